The van der Waals surface area contributed by atoms with Crippen LogP contribution in [-0.2, 0) is 21.1 Å². The number of nitrogens with zero attached hydrogens (tertiary/aromatic N) is 4. The van der Waals surface area contributed by atoms with Crippen LogP contribution in [0.4, 0.5) is 27.1 Å². The molecule has 1 aliphatic heterocycles. The molecule has 7 heteroatoms. The Morgan fingerprint density at radius 1 is 0.667 bits per heavy atom. The van der Waals surface area contributed by atoms with Crippen LogP contribution in [-0.4, -0.2) is 9.55 Å². The third-order valence-corrected chi connectivity index (χ3v) is 9.20. The number of para-hydroxylation sites is 4. The predicted octanol–water partition coefficient (Wildman–Crippen LogP) is 11.4. The van der Waals surface area contributed by atoms with Crippen molar-refractivity contribution in [1.29, 1.82) is 0 Å². The zero-order valence-electron chi connectivity index (χ0n) is 27.7. The number of aryl methyl sites for hydroxylation is 2. The topological polar surface area (TPSA) is 33.5 Å². The molecular formula is C44H30FN4OPt-3. The van der Waals surface area contributed by atoms with E-state index >= 15 is 4.39 Å². The molecule has 0 radical (unpaired) electrons. The van der Waals surface area contributed by atoms with Gasteiger partial charge in [0, 0.05) is 61.3 Å². The second-order valence-corrected chi connectivity index (χ2v) is 12.5. The molecule has 0 unspecified atom stereocenters. The third-order valence-electron chi connectivity index (χ3n) is 9.20. The number of pyridine rings is 1. The van der Waals surface area contributed by atoms with Gasteiger partial charge in [0.15, 0.2) is 0 Å². The van der Waals surface area contributed by atoms with Gasteiger partial charge in [-0.2, -0.15) is 6.07 Å². The molecule has 0 aliphatic carbocycles. The summed E-state index contributed by atoms with van der Waals surface area (Å²) in [7, 11) is 0. The van der Waals surface area contributed by atoms with Gasteiger partial charge in [-0.05, 0) is 78.4 Å². The van der Waals surface area contributed by atoms with Gasteiger partial charge in [-0.3, -0.25) is 0 Å². The minimum Gasteiger partial charge on any atom is -0.509 e. The average Bonchev–Trinajstić information content (AvgIpc) is 3.68. The summed E-state index contributed by atoms with van der Waals surface area (Å²) in [6, 6.07) is 50.7. The summed E-state index contributed by atoms with van der Waals surface area (Å²) in [5, 5.41) is 2.18. The van der Waals surface area contributed by atoms with Crippen molar-refractivity contribution in [2.24, 2.45) is 0 Å². The number of hydrogen-bond acceptors (Lipinski definition) is 4. The Balaban J connectivity index is 0.00000374. The van der Waals surface area contributed by atoms with Crippen LogP contribution in [0.3, 0.4) is 0 Å². The Kier molecular flexibility index (Phi) is 8.41. The molecule has 6 aromatic carbocycles. The Bertz CT molecular complexity index is 2580. The number of anilines is 4. The van der Waals surface area contributed by atoms with E-state index in [1.807, 2.05) is 89.4 Å². The van der Waals surface area contributed by atoms with Crippen LogP contribution >= 0.6 is 0 Å². The Labute approximate surface area is 310 Å². The SMILES string of the molecule is Cc1ccnc(-n2c3[c-]c(Oc4[c-]c(N5[CH-]N(c6ccccc6F)c6ccccc65)cc(-c5ccccc5C)c4)ccc3c3ccccc32)c1.[Pt]. The van der Waals surface area contributed by atoms with Crippen LogP contribution in [0.25, 0.3) is 38.8 Å². The summed E-state index contributed by atoms with van der Waals surface area (Å²) in [5.41, 5.74) is 9.23. The zero-order valence-corrected chi connectivity index (χ0v) is 30.0. The van der Waals surface area contributed by atoms with Crippen molar-refractivity contribution in [2.75, 3.05) is 9.80 Å². The first-order chi connectivity index (χ1) is 24.5. The number of benzene rings is 6. The maximum Gasteiger partial charge on any atom is 0.144 e. The van der Waals surface area contributed by atoms with E-state index in [-0.39, 0.29) is 26.9 Å². The molecule has 0 saturated carbocycles. The maximum atomic E-state index is 15.1. The van der Waals surface area contributed by atoms with Crippen molar-refractivity contribution in [1.82, 2.24) is 9.55 Å². The number of ether oxygens (including phenoxy) is 1. The van der Waals surface area contributed by atoms with Gasteiger partial charge >= 0.3 is 0 Å². The standard InChI is InChI=1S/C44H30FN4O.Pt/c1-29-21-22-46-44(23-29)49-39-15-7-5-13-36(39)37-20-19-33(27-43(37)49)50-34-25-31(35-12-4-3-11-30(35)2)24-32(26-34)47-28-48(40-16-8-6-14-38(40)45)42-18-10-9-17-41(42)47;/h3-25,28H,1-2H3;/q-3;. The maximum absolute atomic E-state index is 15.1. The molecule has 1 aliphatic rings. The Hall–Kier alpha value is -5.71. The fourth-order valence-electron chi connectivity index (χ4n) is 6.84. The van der Waals surface area contributed by atoms with Gasteiger partial charge < -0.3 is 19.1 Å². The van der Waals surface area contributed by atoms with Gasteiger partial charge in [-0.1, -0.05) is 72.2 Å². The first-order valence-electron chi connectivity index (χ1n) is 16.5. The zero-order chi connectivity index (χ0) is 33.8. The van der Waals surface area contributed by atoms with Crippen molar-refractivity contribution in [3.05, 3.63) is 175 Å². The number of aromatic nitrogens is 2. The fraction of sp³-hybridized carbons (Fsp3) is 0.0455. The van der Waals surface area contributed by atoms with Crippen LogP contribution in [0.15, 0.2) is 140 Å². The van der Waals surface area contributed by atoms with E-state index in [1.54, 1.807) is 12.1 Å². The second kappa shape index (κ2) is 13.2. The van der Waals surface area contributed by atoms with E-state index in [2.05, 4.69) is 79.1 Å². The van der Waals surface area contributed by atoms with Gasteiger partial charge in [0.05, 0.1) is 0 Å². The molecule has 3 heterocycles. The molecule has 5 nitrogen and oxygen atoms in total. The molecule has 252 valence electrons. The third kappa shape index (κ3) is 5.76. The summed E-state index contributed by atoms with van der Waals surface area (Å²) in [6.45, 7) is 6.08. The number of hydrogen-bond donors (Lipinski definition) is 0. The summed E-state index contributed by atoms with van der Waals surface area (Å²) in [5.74, 6) is 1.61. The summed E-state index contributed by atoms with van der Waals surface area (Å²) in [6.07, 6.45) is 1.83. The molecule has 0 bridgehead atoms. The molecule has 0 fully saturated rings. The van der Waals surface area contributed by atoms with Gasteiger partial charge in [-0.25, -0.2) is 9.37 Å². The minimum atomic E-state index is -0.300. The van der Waals surface area contributed by atoms with Crippen LogP contribution < -0.4 is 14.5 Å². The summed E-state index contributed by atoms with van der Waals surface area (Å²) < 4.78 is 23.9. The van der Waals surface area contributed by atoms with Gasteiger partial charge in [0.25, 0.3) is 0 Å². The van der Waals surface area contributed by atoms with Crippen molar-refractivity contribution in [3.8, 4) is 28.4 Å². The normalized spacial score (nSPS) is 12.3. The van der Waals surface area contributed by atoms with Crippen molar-refractivity contribution < 1.29 is 30.2 Å². The van der Waals surface area contributed by atoms with Gasteiger partial charge in [-0.15, -0.1) is 53.6 Å². The smallest absolute Gasteiger partial charge is 0.144 e. The van der Waals surface area contributed by atoms with Crippen LogP contribution in [0.5, 0.6) is 11.5 Å². The van der Waals surface area contributed by atoms with Gasteiger partial charge in [0.1, 0.15) is 11.6 Å². The Morgan fingerprint density at radius 3 is 2.20 bits per heavy atom. The average molecular weight is 845 g/mol. The van der Waals surface area contributed by atoms with Crippen molar-refractivity contribution in [2.45, 2.75) is 13.8 Å². The van der Waals surface area contributed by atoms with E-state index in [0.29, 0.717) is 17.2 Å². The van der Waals surface area contributed by atoms with E-state index in [0.717, 1.165) is 66.9 Å². The quantitative estimate of drug-likeness (QED) is 0.156. The molecule has 0 spiro atoms. The minimum absolute atomic E-state index is 0. The van der Waals surface area contributed by atoms with E-state index < -0.39 is 0 Å². The molecule has 0 saturated heterocycles. The van der Waals surface area contributed by atoms with Crippen molar-refractivity contribution >= 4 is 44.6 Å². The Morgan fingerprint density at radius 2 is 1.39 bits per heavy atom. The van der Waals surface area contributed by atoms with Crippen molar-refractivity contribution in [3.63, 3.8) is 0 Å². The number of halogens is 1. The first-order valence-corrected chi connectivity index (χ1v) is 16.5. The van der Waals surface area contributed by atoms with Crippen LogP contribution in [0, 0.1) is 38.5 Å². The van der Waals surface area contributed by atoms with Crippen LogP contribution in [0.2, 0.25) is 0 Å². The molecule has 0 atom stereocenters. The molecule has 8 aromatic rings. The number of rotatable bonds is 6. The first kappa shape index (κ1) is 32.5. The molecule has 0 N–H and O–H groups in total. The monoisotopic (exact) mass is 844 g/mol. The van der Waals surface area contributed by atoms with Gasteiger partial charge in [0.2, 0.25) is 0 Å². The second-order valence-electron chi connectivity index (χ2n) is 12.5. The number of fused-ring (bicyclic) bond motifs is 4. The summed E-state index contributed by atoms with van der Waals surface area (Å²) in [4.78, 5) is 8.62. The molecule has 51 heavy (non-hydrogen) atoms. The largest absolute Gasteiger partial charge is 0.509 e. The molecule has 2 aromatic heterocycles. The molecule has 0 amide bonds. The molecule has 9 rings (SSSR count). The summed E-state index contributed by atoms with van der Waals surface area (Å²) >= 11 is 0. The van der Waals surface area contributed by atoms with Crippen LogP contribution in [0.1, 0.15) is 11.1 Å². The van der Waals surface area contributed by atoms with E-state index in [1.165, 1.54) is 6.07 Å². The predicted molar refractivity (Wildman–Crippen MR) is 199 cm³/mol. The van der Waals surface area contributed by atoms with E-state index in [9.17, 15) is 0 Å². The fourth-order valence-corrected chi connectivity index (χ4v) is 6.84. The van der Waals surface area contributed by atoms with E-state index in [4.69, 9.17) is 9.72 Å². The molecular weight excluding hydrogens is 815 g/mol.